The van der Waals surface area contributed by atoms with Crippen LogP contribution < -0.4 is 5.73 Å². The van der Waals surface area contributed by atoms with Crippen LogP contribution in [0.4, 0.5) is 0 Å². The van der Waals surface area contributed by atoms with Gasteiger partial charge in [0.2, 0.25) is 0 Å². The van der Waals surface area contributed by atoms with E-state index in [-0.39, 0.29) is 0 Å². The van der Waals surface area contributed by atoms with Crippen LogP contribution in [-0.4, -0.2) is 23.0 Å². The highest BCUT2D eigenvalue weighted by Gasteiger charge is 2.39. The van der Waals surface area contributed by atoms with E-state index < -0.39 is 5.60 Å². The first-order chi connectivity index (χ1) is 8.15. The molecule has 1 aliphatic rings. The van der Waals surface area contributed by atoms with Crippen molar-refractivity contribution in [1.29, 1.82) is 0 Å². The molecule has 0 spiro atoms. The lowest BCUT2D eigenvalue weighted by atomic mass is 9.89. The van der Waals surface area contributed by atoms with Gasteiger partial charge in [0.15, 0.2) is 0 Å². The van der Waals surface area contributed by atoms with Gasteiger partial charge in [-0.3, -0.25) is 0 Å². The van der Waals surface area contributed by atoms with Gasteiger partial charge in [-0.25, -0.2) is 0 Å². The molecule has 4 heteroatoms. The van der Waals surface area contributed by atoms with Crippen LogP contribution in [0.5, 0.6) is 0 Å². The summed E-state index contributed by atoms with van der Waals surface area (Å²) in [5.74, 6) is 2.37. The number of aliphatic hydroxyl groups is 1. The minimum absolute atomic E-state index is 0.368. The maximum atomic E-state index is 10.3. The van der Waals surface area contributed by atoms with Gasteiger partial charge >= 0.3 is 0 Å². The molecule has 0 saturated heterocycles. The number of hydrogen-bond donors (Lipinski definition) is 2. The zero-order chi connectivity index (χ0) is 12.3. The molecule has 1 aliphatic carbocycles. The molecule has 2 rings (SSSR count). The van der Waals surface area contributed by atoms with Gasteiger partial charge in [-0.2, -0.15) is 0 Å². The Hall–Kier alpha value is -0.450. The summed E-state index contributed by atoms with van der Waals surface area (Å²) in [6.45, 7) is 2.38. The second kappa shape index (κ2) is 5.46. The van der Waals surface area contributed by atoms with Crippen molar-refractivity contribution in [2.45, 2.75) is 43.1 Å². The standard InChI is InChI=1S/C13H21NO2S/c1-10-12(4-7-16-10)17-8-5-11-3-2-6-13(11,15)9-14/h4,7,11,15H,2-3,5-6,8-9,14H2,1H3. The largest absolute Gasteiger partial charge is 0.468 e. The summed E-state index contributed by atoms with van der Waals surface area (Å²) in [5, 5.41) is 10.3. The Bertz CT molecular complexity index is 366. The number of rotatable bonds is 5. The van der Waals surface area contributed by atoms with Crippen molar-refractivity contribution >= 4 is 11.8 Å². The number of hydrogen-bond acceptors (Lipinski definition) is 4. The fourth-order valence-corrected chi connectivity index (χ4v) is 3.67. The molecule has 0 aliphatic heterocycles. The van der Waals surface area contributed by atoms with Crippen molar-refractivity contribution in [2.75, 3.05) is 12.3 Å². The number of nitrogens with two attached hydrogens (primary N) is 1. The molecule has 1 aromatic heterocycles. The van der Waals surface area contributed by atoms with E-state index in [9.17, 15) is 5.11 Å². The summed E-state index contributed by atoms with van der Waals surface area (Å²) in [6.07, 6.45) is 5.84. The van der Waals surface area contributed by atoms with Crippen LogP contribution in [0.2, 0.25) is 0 Å². The fourth-order valence-electron chi connectivity index (χ4n) is 2.64. The van der Waals surface area contributed by atoms with Crippen LogP contribution >= 0.6 is 11.8 Å². The van der Waals surface area contributed by atoms with Crippen molar-refractivity contribution < 1.29 is 9.52 Å². The molecule has 1 aromatic rings. The van der Waals surface area contributed by atoms with Crippen molar-refractivity contribution in [2.24, 2.45) is 11.7 Å². The summed E-state index contributed by atoms with van der Waals surface area (Å²) < 4.78 is 5.26. The van der Waals surface area contributed by atoms with Gasteiger partial charge in [-0.15, -0.1) is 11.8 Å². The minimum Gasteiger partial charge on any atom is -0.468 e. The van der Waals surface area contributed by atoms with E-state index in [0.29, 0.717) is 12.5 Å². The SMILES string of the molecule is Cc1occc1SCCC1CCCC1(O)CN. The zero-order valence-electron chi connectivity index (χ0n) is 10.3. The van der Waals surface area contributed by atoms with Gasteiger partial charge in [0.25, 0.3) is 0 Å². The monoisotopic (exact) mass is 255 g/mol. The molecule has 0 amide bonds. The first kappa shape index (κ1) is 13.0. The van der Waals surface area contributed by atoms with Crippen LogP contribution in [0.3, 0.4) is 0 Å². The first-order valence-electron chi connectivity index (χ1n) is 6.25. The Morgan fingerprint density at radius 2 is 2.47 bits per heavy atom. The van der Waals surface area contributed by atoms with E-state index in [1.54, 1.807) is 18.0 Å². The summed E-state index contributed by atoms with van der Waals surface area (Å²) in [4.78, 5) is 1.21. The molecule has 0 aromatic carbocycles. The normalized spacial score (nSPS) is 28.8. The first-order valence-corrected chi connectivity index (χ1v) is 7.23. The third kappa shape index (κ3) is 2.87. The highest BCUT2D eigenvalue weighted by Crippen LogP contribution is 2.38. The predicted molar refractivity (Wildman–Crippen MR) is 70.1 cm³/mol. The van der Waals surface area contributed by atoms with E-state index in [4.69, 9.17) is 10.2 Å². The number of furan rings is 1. The van der Waals surface area contributed by atoms with Crippen molar-refractivity contribution in [3.8, 4) is 0 Å². The van der Waals surface area contributed by atoms with Gasteiger partial charge in [0.05, 0.1) is 11.9 Å². The molecule has 3 nitrogen and oxygen atoms in total. The zero-order valence-corrected chi connectivity index (χ0v) is 11.1. The lowest BCUT2D eigenvalue weighted by Crippen LogP contribution is -2.41. The van der Waals surface area contributed by atoms with Crippen LogP contribution in [0, 0.1) is 12.8 Å². The van der Waals surface area contributed by atoms with Crippen LogP contribution in [0.25, 0.3) is 0 Å². The molecule has 17 heavy (non-hydrogen) atoms. The van der Waals surface area contributed by atoms with Gasteiger partial charge < -0.3 is 15.3 Å². The smallest absolute Gasteiger partial charge is 0.114 e. The molecular weight excluding hydrogens is 234 g/mol. The Balaban J connectivity index is 1.81. The molecule has 2 unspecified atom stereocenters. The molecule has 1 saturated carbocycles. The van der Waals surface area contributed by atoms with Crippen molar-refractivity contribution in [1.82, 2.24) is 0 Å². The summed E-state index contributed by atoms with van der Waals surface area (Å²) in [5.41, 5.74) is 5.07. The Morgan fingerprint density at radius 1 is 1.65 bits per heavy atom. The predicted octanol–water partition coefficient (Wildman–Crippen LogP) is 2.56. The van der Waals surface area contributed by atoms with Crippen molar-refractivity contribution in [3.63, 3.8) is 0 Å². The molecule has 2 atom stereocenters. The summed E-state index contributed by atoms with van der Waals surface area (Å²) in [7, 11) is 0. The Labute approximate surface area is 107 Å². The summed E-state index contributed by atoms with van der Waals surface area (Å²) >= 11 is 1.81. The quantitative estimate of drug-likeness (QED) is 0.794. The average Bonchev–Trinajstić information content (AvgIpc) is 2.88. The van der Waals surface area contributed by atoms with E-state index in [1.807, 2.05) is 13.0 Å². The number of aryl methyl sites for hydroxylation is 1. The van der Waals surface area contributed by atoms with E-state index in [0.717, 1.165) is 37.2 Å². The fraction of sp³-hybridized carbons (Fsp3) is 0.692. The average molecular weight is 255 g/mol. The molecule has 3 N–H and O–H groups in total. The molecular formula is C13H21NO2S. The number of thioether (sulfide) groups is 1. The second-order valence-electron chi connectivity index (χ2n) is 4.88. The van der Waals surface area contributed by atoms with Crippen LogP contribution in [-0.2, 0) is 0 Å². The Kier molecular flexibility index (Phi) is 4.17. The summed E-state index contributed by atoms with van der Waals surface area (Å²) in [6, 6.07) is 2.00. The van der Waals surface area contributed by atoms with Crippen molar-refractivity contribution in [3.05, 3.63) is 18.1 Å². The molecule has 1 fully saturated rings. The van der Waals surface area contributed by atoms with E-state index in [2.05, 4.69) is 0 Å². The van der Waals surface area contributed by atoms with Crippen LogP contribution in [0.1, 0.15) is 31.4 Å². The molecule has 1 heterocycles. The van der Waals surface area contributed by atoms with Gasteiger partial charge in [-0.05, 0) is 43.9 Å². The van der Waals surface area contributed by atoms with Gasteiger partial charge in [0.1, 0.15) is 5.76 Å². The highest BCUT2D eigenvalue weighted by atomic mass is 32.2. The molecule has 0 bridgehead atoms. The Morgan fingerprint density at radius 3 is 3.12 bits per heavy atom. The topological polar surface area (TPSA) is 59.4 Å². The second-order valence-corrected chi connectivity index (χ2v) is 6.01. The van der Waals surface area contributed by atoms with Gasteiger partial charge in [0, 0.05) is 11.4 Å². The third-order valence-corrected chi connectivity index (χ3v) is 4.99. The van der Waals surface area contributed by atoms with Gasteiger partial charge in [-0.1, -0.05) is 6.42 Å². The maximum absolute atomic E-state index is 10.3. The third-order valence-electron chi connectivity index (χ3n) is 3.81. The molecule has 96 valence electrons. The van der Waals surface area contributed by atoms with Crippen LogP contribution in [0.15, 0.2) is 21.6 Å². The minimum atomic E-state index is -0.605. The maximum Gasteiger partial charge on any atom is 0.114 e. The lowest BCUT2D eigenvalue weighted by Gasteiger charge is -2.28. The highest BCUT2D eigenvalue weighted by molar-refractivity contribution is 7.99. The molecule has 0 radical (unpaired) electrons. The lowest BCUT2D eigenvalue weighted by molar-refractivity contribution is 0.0104. The van der Waals surface area contributed by atoms with E-state index in [1.165, 1.54) is 4.90 Å². The van der Waals surface area contributed by atoms with E-state index >= 15 is 0 Å².